The van der Waals surface area contributed by atoms with Crippen molar-refractivity contribution in [1.29, 1.82) is 0 Å². The minimum atomic E-state index is -1.04. The van der Waals surface area contributed by atoms with Gasteiger partial charge in [-0.1, -0.05) is 95.9 Å². The molecule has 4 nitrogen and oxygen atoms in total. The third kappa shape index (κ3) is 10.3. The molecule has 6 aromatic carbocycles. The highest BCUT2D eigenvalue weighted by Gasteiger charge is 2.11. The van der Waals surface area contributed by atoms with Gasteiger partial charge < -0.3 is 20.4 Å². The highest BCUT2D eigenvalue weighted by molar-refractivity contribution is 6.04. The van der Waals surface area contributed by atoms with Crippen LogP contribution < -0.4 is 0 Å². The first-order valence-electron chi connectivity index (χ1n) is 17.2. The number of hydrogen-bond acceptors (Lipinski definition) is 4. The van der Waals surface area contributed by atoms with Gasteiger partial charge in [-0.15, -0.1) is 0 Å². The Morgan fingerprint density at radius 2 is 0.538 bits per heavy atom. The van der Waals surface area contributed by atoms with E-state index < -0.39 is 22.4 Å². The minimum Gasteiger partial charge on any atom is -0.378 e. The fourth-order valence-corrected chi connectivity index (χ4v) is 5.42. The molecule has 6 aromatic rings. The lowest BCUT2D eigenvalue weighted by atomic mass is 9.96. The molecule has 260 valence electrons. The normalized spacial score (nSPS) is 11.6. The molecule has 0 radical (unpaired) electrons. The summed E-state index contributed by atoms with van der Waals surface area (Å²) in [6.45, 7) is 13.4. The van der Waals surface area contributed by atoms with Crippen LogP contribution in [0.1, 0.15) is 77.6 Å². The average Bonchev–Trinajstić information content (AvgIpc) is 3.05. The Labute approximate surface area is 307 Å². The quantitative estimate of drug-likeness (QED) is 0.0956. The first-order chi connectivity index (χ1) is 24.2. The standard InChI is InChI=1S/2C24H22O2/c2*1-23(2,25)13-11-17-7-5-9-19-15-20-10-6-8-18(12-14-24(3,4)26)22(20)16-21(17)19/h2*5-10,15-16,25-26H,1-4H3. The SMILES string of the molecule is CC(C)(O)C#Cc1cccc2cc3cccc(C#CC(C)(C)O)c3cc12.CC(C)(O)C#Cc1cccc2cc3cccc(C#CC(C)(C)O)c3cc12. The van der Waals surface area contributed by atoms with E-state index in [-0.39, 0.29) is 0 Å². The Morgan fingerprint density at radius 1 is 0.327 bits per heavy atom. The smallest absolute Gasteiger partial charge is 0.120 e. The van der Waals surface area contributed by atoms with Gasteiger partial charge in [0.15, 0.2) is 0 Å². The van der Waals surface area contributed by atoms with E-state index >= 15 is 0 Å². The molecule has 0 saturated carbocycles. The number of benzene rings is 6. The van der Waals surface area contributed by atoms with Gasteiger partial charge in [-0.3, -0.25) is 0 Å². The van der Waals surface area contributed by atoms with Crippen LogP contribution in [0.5, 0.6) is 0 Å². The highest BCUT2D eigenvalue weighted by atomic mass is 16.3. The van der Waals surface area contributed by atoms with Crippen molar-refractivity contribution < 1.29 is 20.4 Å². The van der Waals surface area contributed by atoms with Gasteiger partial charge in [-0.05, 0) is 147 Å². The summed E-state index contributed by atoms with van der Waals surface area (Å²) in [5.74, 6) is 23.9. The zero-order chi connectivity index (χ0) is 37.9. The van der Waals surface area contributed by atoms with Crippen LogP contribution in [0, 0.1) is 47.4 Å². The summed E-state index contributed by atoms with van der Waals surface area (Å²) in [6.07, 6.45) is 0. The van der Waals surface area contributed by atoms with Crippen LogP contribution in [0.2, 0.25) is 0 Å². The van der Waals surface area contributed by atoms with E-state index in [2.05, 4.69) is 95.9 Å². The molecule has 0 aliphatic carbocycles. The van der Waals surface area contributed by atoms with Crippen molar-refractivity contribution in [2.24, 2.45) is 0 Å². The van der Waals surface area contributed by atoms with Crippen LogP contribution in [0.4, 0.5) is 0 Å². The van der Waals surface area contributed by atoms with Crippen LogP contribution in [-0.4, -0.2) is 42.8 Å². The van der Waals surface area contributed by atoms with Crippen LogP contribution in [-0.2, 0) is 0 Å². The molecule has 0 heterocycles. The lowest BCUT2D eigenvalue weighted by Crippen LogP contribution is -2.14. The summed E-state index contributed by atoms with van der Waals surface area (Å²) < 4.78 is 0. The Hall–Kier alpha value is -5.56. The summed E-state index contributed by atoms with van der Waals surface area (Å²) in [7, 11) is 0. The average molecular weight is 685 g/mol. The van der Waals surface area contributed by atoms with E-state index in [0.29, 0.717) is 0 Å². The van der Waals surface area contributed by atoms with Crippen LogP contribution in [0.3, 0.4) is 0 Å². The Bertz CT molecular complexity index is 2210. The van der Waals surface area contributed by atoms with Crippen LogP contribution in [0.25, 0.3) is 43.1 Å². The molecule has 6 rings (SSSR count). The molecule has 0 atom stereocenters. The number of fused-ring (bicyclic) bond motifs is 4. The monoisotopic (exact) mass is 684 g/mol. The second-order valence-corrected chi connectivity index (χ2v) is 15.0. The van der Waals surface area contributed by atoms with Crippen molar-refractivity contribution in [2.75, 3.05) is 0 Å². The maximum atomic E-state index is 9.90. The van der Waals surface area contributed by atoms with Gasteiger partial charge in [-0.25, -0.2) is 0 Å². The third-order valence-corrected chi connectivity index (χ3v) is 7.77. The Kier molecular flexibility index (Phi) is 10.6. The molecule has 4 N–H and O–H groups in total. The van der Waals surface area contributed by atoms with Crippen molar-refractivity contribution in [2.45, 2.75) is 77.8 Å². The zero-order valence-corrected chi connectivity index (χ0v) is 31.0. The van der Waals surface area contributed by atoms with Gasteiger partial charge in [-0.2, -0.15) is 0 Å². The fourth-order valence-electron chi connectivity index (χ4n) is 5.42. The van der Waals surface area contributed by atoms with Crippen molar-refractivity contribution in [3.63, 3.8) is 0 Å². The molecule has 0 amide bonds. The van der Waals surface area contributed by atoms with Gasteiger partial charge >= 0.3 is 0 Å². The van der Waals surface area contributed by atoms with E-state index in [4.69, 9.17) is 0 Å². The van der Waals surface area contributed by atoms with Gasteiger partial charge in [0.2, 0.25) is 0 Å². The second kappa shape index (κ2) is 14.6. The van der Waals surface area contributed by atoms with Crippen molar-refractivity contribution in [3.05, 3.63) is 119 Å². The lowest BCUT2D eigenvalue weighted by molar-refractivity contribution is 0.143. The lowest BCUT2D eigenvalue weighted by Gasteiger charge is -2.09. The maximum Gasteiger partial charge on any atom is 0.120 e. The summed E-state index contributed by atoms with van der Waals surface area (Å²) >= 11 is 0. The summed E-state index contributed by atoms with van der Waals surface area (Å²) in [5, 5.41) is 48.0. The summed E-state index contributed by atoms with van der Waals surface area (Å²) in [4.78, 5) is 0. The predicted octanol–water partition coefficient (Wildman–Crippen LogP) is 8.48. The van der Waals surface area contributed by atoms with Crippen molar-refractivity contribution in [3.8, 4) is 47.4 Å². The zero-order valence-electron chi connectivity index (χ0n) is 31.0. The van der Waals surface area contributed by atoms with Gasteiger partial charge in [0.25, 0.3) is 0 Å². The van der Waals surface area contributed by atoms with E-state index in [0.717, 1.165) is 65.3 Å². The Morgan fingerprint density at radius 3 is 0.731 bits per heavy atom. The number of hydrogen-bond donors (Lipinski definition) is 4. The van der Waals surface area contributed by atoms with Gasteiger partial charge in [0.05, 0.1) is 0 Å². The number of aliphatic hydroxyl groups is 4. The van der Waals surface area contributed by atoms with E-state index in [1.165, 1.54) is 0 Å². The highest BCUT2D eigenvalue weighted by Crippen LogP contribution is 2.29. The van der Waals surface area contributed by atoms with Crippen LogP contribution >= 0.6 is 0 Å². The molecule has 0 saturated heterocycles. The topological polar surface area (TPSA) is 80.9 Å². The van der Waals surface area contributed by atoms with E-state index in [9.17, 15) is 20.4 Å². The van der Waals surface area contributed by atoms with Crippen molar-refractivity contribution >= 4 is 43.1 Å². The Balaban J connectivity index is 0.000000201. The molecule has 0 fully saturated rings. The molecular formula is C48H44O4. The molecule has 0 bridgehead atoms. The van der Waals surface area contributed by atoms with Crippen LogP contribution in [0.15, 0.2) is 97.1 Å². The molecule has 0 aromatic heterocycles. The predicted molar refractivity (Wildman–Crippen MR) is 216 cm³/mol. The van der Waals surface area contributed by atoms with Gasteiger partial charge in [0, 0.05) is 22.3 Å². The summed E-state index contributed by atoms with van der Waals surface area (Å²) in [6, 6.07) is 32.4. The van der Waals surface area contributed by atoms with E-state index in [1.807, 2.05) is 48.5 Å². The minimum absolute atomic E-state index is 0.872. The molecule has 0 aliphatic heterocycles. The fraction of sp³-hybridized carbons (Fsp3) is 0.250. The molecule has 0 aliphatic rings. The molecular weight excluding hydrogens is 641 g/mol. The molecule has 0 spiro atoms. The first-order valence-corrected chi connectivity index (χ1v) is 17.2. The molecule has 52 heavy (non-hydrogen) atoms. The molecule has 0 unspecified atom stereocenters. The summed E-state index contributed by atoms with van der Waals surface area (Å²) in [5.41, 5.74) is -0.669. The molecule has 4 heteroatoms. The van der Waals surface area contributed by atoms with Crippen molar-refractivity contribution in [1.82, 2.24) is 0 Å². The van der Waals surface area contributed by atoms with Gasteiger partial charge in [0.1, 0.15) is 22.4 Å². The van der Waals surface area contributed by atoms with E-state index in [1.54, 1.807) is 55.4 Å². The first kappa shape index (κ1) is 37.7. The number of rotatable bonds is 0. The largest absolute Gasteiger partial charge is 0.378 e. The second-order valence-electron chi connectivity index (χ2n) is 15.0. The third-order valence-electron chi connectivity index (χ3n) is 7.77. The maximum absolute atomic E-state index is 9.90.